The Kier molecular flexibility index (Phi) is 12.5. The lowest BCUT2D eigenvalue weighted by Crippen LogP contribution is -2.43. The fraction of sp³-hybridized carbons (Fsp3) is 0.692. The Labute approximate surface area is 218 Å². The number of carbonyl (C=O) groups is 1. The van der Waals surface area contributed by atoms with Crippen molar-refractivity contribution < 1.29 is 4.79 Å². The highest BCUT2D eigenvalue weighted by Crippen LogP contribution is 2.22. The zero-order valence-corrected chi connectivity index (χ0v) is 23.2. The Hall–Kier alpha value is -1.35. The summed E-state index contributed by atoms with van der Waals surface area (Å²) >= 11 is 0. The molecule has 1 aromatic rings. The molecule has 0 radical (unpaired) electrons. The monoisotopic (exact) mass is 569 g/mol. The summed E-state index contributed by atoms with van der Waals surface area (Å²) in [6, 6.07) is 10.7. The molecule has 2 saturated heterocycles. The van der Waals surface area contributed by atoms with E-state index in [0.29, 0.717) is 11.8 Å². The third kappa shape index (κ3) is 8.74. The minimum atomic E-state index is 0. The summed E-state index contributed by atoms with van der Waals surface area (Å²) in [4.78, 5) is 24.4. The van der Waals surface area contributed by atoms with Gasteiger partial charge in [-0.05, 0) is 63.1 Å². The molecule has 3 rings (SSSR count). The highest BCUT2D eigenvalue weighted by Gasteiger charge is 2.27. The fourth-order valence-corrected chi connectivity index (χ4v) is 5.02. The maximum Gasteiger partial charge on any atom is 0.244 e. The number of nitrogens with one attached hydrogen (secondary N) is 1. The van der Waals surface area contributed by atoms with Gasteiger partial charge in [-0.2, -0.15) is 0 Å². The van der Waals surface area contributed by atoms with E-state index in [2.05, 4.69) is 66.2 Å². The van der Waals surface area contributed by atoms with E-state index in [1.807, 2.05) is 4.90 Å². The summed E-state index contributed by atoms with van der Waals surface area (Å²) in [6.07, 6.45) is 4.49. The quantitative estimate of drug-likeness (QED) is 0.280. The maximum absolute atomic E-state index is 12.8. The number of amides is 1. The van der Waals surface area contributed by atoms with Crippen LogP contribution in [0.4, 0.5) is 0 Å². The predicted molar refractivity (Wildman–Crippen MR) is 148 cm³/mol. The lowest BCUT2D eigenvalue weighted by molar-refractivity contribution is -0.131. The van der Waals surface area contributed by atoms with Crippen LogP contribution in [0.1, 0.15) is 45.6 Å². The SMILES string of the molecule is CCNC(=NCC(=O)N1CCC(Cc2ccccc2)CC1)N1CCC(CN(CC)CC)C1.I. The van der Waals surface area contributed by atoms with Gasteiger partial charge in [0.25, 0.3) is 0 Å². The first kappa shape index (κ1) is 27.9. The van der Waals surface area contributed by atoms with E-state index in [9.17, 15) is 4.79 Å². The van der Waals surface area contributed by atoms with Crippen LogP contribution < -0.4 is 5.32 Å². The number of hydrogen-bond donors (Lipinski definition) is 1. The standard InChI is InChI=1S/C26H43N5O.HI/c1-4-27-26(31-17-14-24(21-31)20-29(5-2)6-3)28-19-25(32)30-15-12-23(13-16-30)18-22-10-8-7-9-11-22;/h7-11,23-24H,4-6,12-21H2,1-3H3,(H,27,28);1H. The van der Waals surface area contributed by atoms with Gasteiger partial charge in [0.05, 0.1) is 0 Å². The molecule has 7 heteroatoms. The molecule has 1 amide bonds. The summed E-state index contributed by atoms with van der Waals surface area (Å²) in [5.41, 5.74) is 1.40. The van der Waals surface area contributed by atoms with Crippen molar-refractivity contribution in [2.45, 2.75) is 46.5 Å². The summed E-state index contributed by atoms with van der Waals surface area (Å²) in [5, 5.41) is 3.41. The zero-order valence-electron chi connectivity index (χ0n) is 20.8. The second-order valence-electron chi connectivity index (χ2n) is 9.27. The van der Waals surface area contributed by atoms with Crippen LogP contribution in [0.25, 0.3) is 0 Å². The first-order chi connectivity index (χ1) is 15.6. The van der Waals surface area contributed by atoms with Crippen LogP contribution in [0.15, 0.2) is 35.3 Å². The number of guanidine groups is 1. The van der Waals surface area contributed by atoms with Gasteiger partial charge in [0.2, 0.25) is 5.91 Å². The van der Waals surface area contributed by atoms with Crippen LogP contribution in [0, 0.1) is 11.8 Å². The molecule has 33 heavy (non-hydrogen) atoms. The normalized spacial score (nSPS) is 19.6. The molecule has 2 aliphatic heterocycles. The van der Waals surface area contributed by atoms with Crippen molar-refractivity contribution in [1.82, 2.24) is 20.0 Å². The van der Waals surface area contributed by atoms with Gasteiger partial charge in [-0.25, -0.2) is 4.99 Å². The number of hydrogen-bond acceptors (Lipinski definition) is 3. The van der Waals surface area contributed by atoms with Crippen LogP contribution in [0.2, 0.25) is 0 Å². The number of nitrogens with zero attached hydrogens (tertiary/aromatic N) is 4. The smallest absolute Gasteiger partial charge is 0.244 e. The van der Waals surface area contributed by atoms with Crippen molar-refractivity contribution >= 4 is 35.8 Å². The molecule has 2 fully saturated rings. The van der Waals surface area contributed by atoms with E-state index in [4.69, 9.17) is 4.99 Å². The molecule has 0 saturated carbocycles. The molecule has 0 spiro atoms. The molecule has 186 valence electrons. The minimum Gasteiger partial charge on any atom is -0.357 e. The first-order valence-electron chi connectivity index (χ1n) is 12.7. The molecular weight excluding hydrogens is 525 g/mol. The van der Waals surface area contributed by atoms with Gasteiger partial charge in [0.1, 0.15) is 6.54 Å². The molecule has 1 aromatic carbocycles. The molecule has 1 atom stereocenters. The summed E-state index contributed by atoms with van der Waals surface area (Å²) in [6.45, 7) is 14.8. The molecule has 2 heterocycles. The van der Waals surface area contributed by atoms with Gasteiger partial charge in [-0.3, -0.25) is 4.79 Å². The summed E-state index contributed by atoms with van der Waals surface area (Å²) in [5.74, 6) is 2.42. The summed E-state index contributed by atoms with van der Waals surface area (Å²) < 4.78 is 0. The summed E-state index contributed by atoms with van der Waals surface area (Å²) in [7, 11) is 0. The van der Waals surface area contributed by atoms with Gasteiger partial charge in [-0.15, -0.1) is 24.0 Å². The fourth-order valence-electron chi connectivity index (χ4n) is 5.02. The van der Waals surface area contributed by atoms with E-state index in [-0.39, 0.29) is 36.4 Å². The second-order valence-corrected chi connectivity index (χ2v) is 9.27. The average molecular weight is 570 g/mol. The number of piperidine rings is 1. The van der Waals surface area contributed by atoms with Crippen molar-refractivity contribution in [3.8, 4) is 0 Å². The number of halogens is 1. The highest BCUT2D eigenvalue weighted by atomic mass is 127. The Morgan fingerprint density at radius 2 is 1.64 bits per heavy atom. The van der Waals surface area contributed by atoms with Gasteiger partial charge >= 0.3 is 0 Å². The third-order valence-corrected chi connectivity index (χ3v) is 7.03. The number of likely N-dealkylation sites (tertiary alicyclic amines) is 2. The molecule has 0 aliphatic carbocycles. The van der Waals surface area contributed by atoms with Crippen LogP contribution in [-0.4, -0.2) is 85.5 Å². The van der Waals surface area contributed by atoms with Crippen molar-refractivity contribution in [3.05, 3.63) is 35.9 Å². The first-order valence-corrected chi connectivity index (χ1v) is 12.7. The van der Waals surface area contributed by atoms with Gasteiger partial charge < -0.3 is 20.0 Å². The second kappa shape index (κ2) is 14.8. The van der Waals surface area contributed by atoms with Crippen LogP contribution in [0.5, 0.6) is 0 Å². The minimum absolute atomic E-state index is 0. The van der Waals surface area contributed by atoms with E-state index in [1.54, 1.807) is 0 Å². The molecule has 0 bridgehead atoms. The van der Waals surface area contributed by atoms with Crippen molar-refractivity contribution in [2.24, 2.45) is 16.8 Å². The number of carbonyl (C=O) groups excluding carboxylic acids is 1. The number of benzene rings is 1. The van der Waals surface area contributed by atoms with Crippen molar-refractivity contribution in [1.29, 1.82) is 0 Å². The molecule has 2 aliphatic rings. The van der Waals surface area contributed by atoms with Crippen LogP contribution >= 0.6 is 24.0 Å². The number of aliphatic imine (C=N–C) groups is 1. The Morgan fingerprint density at radius 3 is 2.27 bits per heavy atom. The molecule has 6 nitrogen and oxygen atoms in total. The highest BCUT2D eigenvalue weighted by molar-refractivity contribution is 14.0. The molecule has 1 N–H and O–H groups in total. The third-order valence-electron chi connectivity index (χ3n) is 7.03. The lowest BCUT2D eigenvalue weighted by Gasteiger charge is -2.32. The molecular formula is C26H44IN5O. The Balaban J connectivity index is 0.00000385. The van der Waals surface area contributed by atoms with E-state index < -0.39 is 0 Å². The van der Waals surface area contributed by atoms with Gasteiger partial charge in [-0.1, -0.05) is 44.2 Å². The van der Waals surface area contributed by atoms with Crippen molar-refractivity contribution in [3.63, 3.8) is 0 Å². The number of rotatable bonds is 9. The van der Waals surface area contributed by atoms with E-state index >= 15 is 0 Å². The molecule has 1 unspecified atom stereocenters. The average Bonchev–Trinajstić information content (AvgIpc) is 3.29. The Morgan fingerprint density at radius 1 is 1.00 bits per heavy atom. The maximum atomic E-state index is 12.8. The molecule has 0 aromatic heterocycles. The van der Waals surface area contributed by atoms with Gasteiger partial charge in [0, 0.05) is 39.3 Å². The lowest BCUT2D eigenvalue weighted by atomic mass is 9.90. The predicted octanol–water partition coefficient (Wildman–Crippen LogP) is 3.71. The van der Waals surface area contributed by atoms with E-state index in [0.717, 1.165) is 77.6 Å². The van der Waals surface area contributed by atoms with Crippen LogP contribution in [-0.2, 0) is 11.2 Å². The van der Waals surface area contributed by atoms with Crippen molar-refractivity contribution in [2.75, 3.05) is 58.9 Å². The van der Waals surface area contributed by atoms with Gasteiger partial charge in [0.15, 0.2) is 5.96 Å². The van der Waals surface area contributed by atoms with E-state index in [1.165, 1.54) is 12.0 Å². The Bertz CT molecular complexity index is 717. The largest absolute Gasteiger partial charge is 0.357 e. The van der Waals surface area contributed by atoms with Crippen LogP contribution in [0.3, 0.4) is 0 Å². The topological polar surface area (TPSA) is 51.2 Å². The zero-order chi connectivity index (χ0) is 22.8.